The van der Waals surface area contributed by atoms with Gasteiger partial charge in [0.15, 0.2) is 0 Å². The Labute approximate surface area is 83.1 Å². The number of aryl methyl sites for hydroxylation is 1. The van der Waals surface area contributed by atoms with E-state index in [1.807, 2.05) is 11.3 Å². The Morgan fingerprint density at radius 3 is 3.00 bits per heavy atom. The highest BCUT2D eigenvalue weighted by atomic mass is 32.1. The van der Waals surface area contributed by atoms with Gasteiger partial charge in [-0.05, 0) is 38.4 Å². The van der Waals surface area contributed by atoms with Crippen molar-refractivity contribution in [2.75, 3.05) is 6.54 Å². The molecule has 3 heteroatoms. The molecule has 0 spiro atoms. The summed E-state index contributed by atoms with van der Waals surface area (Å²) in [6.45, 7) is 3.21. The molecule has 0 unspecified atom stereocenters. The molecule has 72 valence electrons. The molecular weight excluding hydrogens is 180 g/mol. The summed E-state index contributed by atoms with van der Waals surface area (Å²) >= 11 is 1.88. The fraction of sp³-hybridized carbons (Fsp3) is 0.600. The SMILES string of the molecule is Cc1ccc([C@@H]2C[C@H](N)CCN2)s1. The van der Waals surface area contributed by atoms with Gasteiger partial charge in [0.05, 0.1) is 0 Å². The maximum atomic E-state index is 5.93. The number of piperidine rings is 1. The lowest BCUT2D eigenvalue weighted by atomic mass is 9.99. The normalized spacial score (nSPS) is 29.1. The Morgan fingerprint density at radius 1 is 1.54 bits per heavy atom. The van der Waals surface area contributed by atoms with Crippen molar-refractivity contribution in [2.24, 2.45) is 5.73 Å². The molecule has 0 aromatic carbocycles. The van der Waals surface area contributed by atoms with Crippen LogP contribution >= 0.6 is 11.3 Å². The minimum absolute atomic E-state index is 0.383. The van der Waals surface area contributed by atoms with E-state index in [2.05, 4.69) is 24.4 Å². The molecule has 0 aliphatic carbocycles. The maximum absolute atomic E-state index is 5.93. The summed E-state index contributed by atoms with van der Waals surface area (Å²) in [6, 6.07) is 5.29. The van der Waals surface area contributed by atoms with E-state index < -0.39 is 0 Å². The zero-order chi connectivity index (χ0) is 9.26. The smallest absolute Gasteiger partial charge is 0.0429 e. The predicted octanol–water partition coefficient (Wildman–Crippen LogP) is 1.81. The molecular formula is C10H16N2S. The molecule has 1 aliphatic rings. The van der Waals surface area contributed by atoms with Crippen LogP contribution in [0.4, 0.5) is 0 Å². The average Bonchev–Trinajstić information content (AvgIpc) is 2.52. The number of nitrogens with one attached hydrogen (secondary N) is 1. The molecule has 0 amide bonds. The molecule has 13 heavy (non-hydrogen) atoms. The van der Waals surface area contributed by atoms with E-state index in [4.69, 9.17) is 5.73 Å². The number of nitrogens with two attached hydrogens (primary N) is 1. The summed E-state index contributed by atoms with van der Waals surface area (Å²) in [7, 11) is 0. The fourth-order valence-electron chi connectivity index (χ4n) is 1.80. The second kappa shape index (κ2) is 3.78. The number of thiophene rings is 1. The fourth-order valence-corrected chi connectivity index (χ4v) is 2.77. The monoisotopic (exact) mass is 196 g/mol. The van der Waals surface area contributed by atoms with Crippen LogP contribution in [0.5, 0.6) is 0 Å². The van der Waals surface area contributed by atoms with Gasteiger partial charge >= 0.3 is 0 Å². The van der Waals surface area contributed by atoms with E-state index in [1.165, 1.54) is 9.75 Å². The van der Waals surface area contributed by atoms with Gasteiger partial charge in [0.1, 0.15) is 0 Å². The van der Waals surface area contributed by atoms with E-state index >= 15 is 0 Å². The van der Waals surface area contributed by atoms with Crippen molar-refractivity contribution in [1.82, 2.24) is 5.32 Å². The van der Waals surface area contributed by atoms with Gasteiger partial charge in [-0.1, -0.05) is 0 Å². The van der Waals surface area contributed by atoms with E-state index in [0.717, 1.165) is 19.4 Å². The molecule has 1 aromatic heterocycles. The van der Waals surface area contributed by atoms with E-state index in [9.17, 15) is 0 Å². The molecule has 2 heterocycles. The second-order valence-electron chi connectivity index (χ2n) is 3.74. The van der Waals surface area contributed by atoms with Crippen LogP contribution in [-0.2, 0) is 0 Å². The lowest BCUT2D eigenvalue weighted by Crippen LogP contribution is -2.38. The Morgan fingerprint density at radius 2 is 2.38 bits per heavy atom. The van der Waals surface area contributed by atoms with Crippen molar-refractivity contribution >= 4 is 11.3 Å². The van der Waals surface area contributed by atoms with Gasteiger partial charge in [-0.3, -0.25) is 0 Å². The molecule has 1 aliphatic heterocycles. The van der Waals surface area contributed by atoms with Crippen molar-refractivity contribution in [2.45, 2.75) is 31.8 Å². The number of rotatable bonds is 1. The number of hydrogen-bond donors (Lipinski definition) is 2. The third-order valence-corrected chi connectivity index (χ3v) is 3.66. The Hall–Kier alpha value is -0.380. The molecule has 2 rings (SSSR count). The third-order valence-electron chi connectivity index (χ3n) is 2.55. The average molecular weight is 196 g/mol. The van der Waals surface area contributed by atoms with Crippen LogP contribution in [0.1, 0.15) is 28.6 Å². The van der Waals surface area contributed by atoms with Crippen molar-refractivity contribution in [3.63, 3.8) is 0 Å². The summed E-state index contributed by atoms with van der Waals surface area (Å²) in [6.07, 6.45) is 2.20. The van der Waals surface area contributed by atoms with Gasteiger partial charge < -0.3 is 11.1 Å². The van der Waals surface area contributed by atoms with Gasteiger partial charge in [-0.2, -0.15) is 0 Å². The first-order chi connectivity index (χ1) is 6.25. The second-order valence-corrected chi connectivity index (χ2v) is 5.06. The van der Waals surface area contributed by atoms with Gasteiger partial charge in [0, 0.05) is 21.8 Å². The molecule has 1 aromatic rings. The van der Waals surface area contributed by atoms with Crippen molar-refractivity contribution in [3.05, 3.63) is 21.9 Å². The minimum atomic E-state index is 0.383. The van der Waals surface area contributed by atoms with E-state index in [1.54, 1.807) is 0 Å². The zero-order valence-corrected chi connectivity index (χ0v) is 8.73. The highest BCUT2D eigenvalue weighted by Gasteiger charge is 2.20. The minimum Gasteiger partial charge on any atom is -0.328 e. The van der Waals surface area contributed by atoms with Crippen LogP contribution in [0.3, 0.4) is 0 Å². The van der Waals surface area contributed by atoms with E-state index in [0.29, 0.717) is 12.1 Å². The van der Waals surface area contributed by atoms with Crippen LogP contribution in [0, 0.1) is 6.92 Å². The van der Waals surface area contributed by atoms with Crippen LogP contribution < -0.4 is 11.1 Å². The van der Waals surface area contributed by atoms with E-state index in [-0.39, 0.29) is 0 Å². The molecule has 1 saturated heterocycles. The topological polar surface area (TPSA) is 38.0 Å². The van der Waals surface area contributed by atoms with Crippen molar-refractivity contribution in [3.8, 4) is 0 Å². The van der Waals surface area contributed by atoms with Gasteiger partial charge in [0.25, 0.3) is 0 Å². The summed E-state index contributed by atoms with van der Waals surface area (Å²) < 4.78 is 0. The highest BCUT2D eigenvalue weighted by molar-refractivity contribution is 7.12. The lowest BCUT2D eigenvalue weighted by molar-refractivity contribution is 0.373. The molecule has 2 nitrogen and oxygen atoms in total. The first-order valence-corrected chi connectivity index (χ1v) is 5.62. The van der Waals surface area contributed by atoms with Crippen LogP contribution in [0.2, 0.25) is 0 Å². The van der Waals surface area contributed by atoms with Gasteiger partial charge in [0.2, 0.25) is 0 Å². The summed E-state index contributed by atoms with van der Waals surface area (Å²) in [5.74, 6) is 0. The summed E-state index contributed by atoms with van der Waals surface area (Å²) in [4.78, 5) is 2.82. The quantitative estimate of drug-likeness (QED) is 0.719. The molecule has 0 bridgehead atoms. The van der Waals surface area contributed by atoms with Crippen LogP contribution in [0.25, 0.3) is 0 Å². The predicted molar refractivity (Wildman–Crippen MR) is 57.0 cm³/mol. The molecule has 0 saturated carbocycles. The summed E-state index contributed by atoms with van der Waals surface area (Å²) in [5.41, 5.74) is 5.93. The van der Waals surface area contributed by atoms with Crippen molar-refractivity contribution in [1.29, 1.82) is 0 Å². The maximum Gasteiger partial charge on any atom is 0.0429 e. The highest BCUT2D eigenvalue weighted by Crippen LogP contribution is 2.28. The largest absolute Gasteiger partial charge is 0.328 e. The van der Waals surface area contributed by atoms with Crippen LogP contribution in [-0.4, -0.2) is 12.6 Å². The zero-order valence-electron chi connectivity index (χ0n) is 7.92. The molecule has 1 fully saturated rings. The molecule has 3 N–H and O–H groups in total. The molecule has 2 atom stereocenters. The van der Waals surface area contributed by atoms with Gasteiger partial charge in [-0.15, -0.1) is 11.3 Å². The molecule has 0 radical (unpaired) electrons. The Kier molecular flexibility index (Phi) is 2.67. The third kappa shape index (κ3) is 2.10. The first kappa shape index (κ1) is 9.19. The summed E-state index contributed by atoms with van der Waals surface area (Å²) in [5, 5.41) is 3.51. The number of hydrogen-bond acceptors (Lipinski definition) is 3. The van der Waals surface area contributed by atoms with Crippen molar-refractivity contribution < 1.29 is 0 Å². The lowest BCUT2D eigenvalue weighted by Gasteiger charge is -2.27. The Balaban J connectivity index is 2.08. The first-order valence-electron chi connectivity index (χ1n) is 4.81. The Bertz CT molecular complexity index is 282. The van der Waals surface area contributed by atoms with Gasteiger partial charge in [-0.25, -0.2) is 0 Å². The van der Waals surface area contributed by atoms with Crippen LogP contribution in [0.15, 0.2) is 12.1 Å². The standard InChI is InChI=1S/C10H16N2S/c1-7-2-3-10(13-7)9-6-8(11)4-5-12-9/h2-3,8-9,12H,4-6,11H2,1H3/t8-,9+/m1/s1.